The van der Waals surface area contributed by atoms with Crippen LogP contribution >= 0.6 is 0 Å². The van der Waals surface area contributed by atoms with Gasteiger partial charge in [-0.05, 0) is 44.2 Å². The zero-order valence-electron chi connectivity index (χ0n) is 18.6. The summed E-state index contributed by atoms with van der Waals surface area (Å²) in [5, 5.41) is 12.0. The smallest absolute Gasteiger partial charge is 0.333 e. The average molecular weight is 476 g/mol. The van der Waals surface area contributed by atoms with Crippen LogP contribution in [0.15, 0.2) is 36.7 Å². The summed E-state index contributed by atoms with van der Waals surface area (Å²) in [7, 11) is -4.03. The van der Waals surface area contributed by atoms with Gasteiger partial charge in [-0.1, -0.05) is 24.3 Å². The Morgan fingerprint density at radius 3 is 2.67 bits per heavy atom. The van der Waals surface area contributed by atoms with Gasteiger partial charge in [-0.2, -0.15) is 8.42 Å². The second-order valence-corrected chi connectivity index (χ2v) is 10.5. The van der Waals surface area contributed by atoms with Crippen LogP contribution in [0.3, 0.4) is 0 Å². The lowest BCUT2D eigenvalue weighted by molar-refractivity contribution is -0.158. The monoisotopic (exact) mass is 475 g/mol. The number of nitrogens with two attached hydrogens (primary N) is 1. The van der Waals surface area contributed by atoms with Crippen LogP contribution in [-0.4, -0.2) is 49.0 Å². The summed E-state index contributed by atoms with van der Waals surface area (Å²) in [6.45, 7) is 3.62. The van der Waals surface area contributed by atoms with E-state index in [9.17, 15) is 8.42 Å². The molecule has 1 saturated carbocycles. The number of hydrogen-bond acceptors (Lipinski definition) is 9. The van der Waals surface area contributed by atoms with Gasteiger partial charge in [-0.15, -0.1) is 0 Å². The lowest BCUT2D eigenvalue weighted by Crippen LogP contribution is -2.34. The van der Waals surface area contributed by atoms with Gasteiger partial charge >= 0.3 is 10.3 Å². The van der Waals surface area contributed by atoms with Gasteiger partial charge in [0.15, 0.2) is 5.79 Å². The minimum atomic E-state index is -4.03. The van der Waals surface area contributed by atoms with Crippen LogP contribution in [0.1, 0.15) is 43.9 Å². The van der Waals surface area contributed by atoms with Crippen molar-refractivity contribution in [3.63, 3.8) is 0 Å². The number of aryl methyl sites for hydroxylation is 1. The topological polar surface area (TPSA) is 138 Å². The van der Waals surface area contributed by atoms with Gasteiger partial charge in [-0.25, -0.2) is 15.1 Å². The third-order valence-corrected chi connectivity index (χ3v) is 6.95. The first-order valence-corrected chi connectivity index (χ1v) is 12.6. The second-order valence-electron chi connectivity index (χ2n) is 9.31. The molecule has 33 heavy (non-hydrogen) atoms. The third-order valence-electron chi connectivity index (χ3n) is 6.48. The number of hydrogen-bond donors (Lipinski definition) is 3. The van der Waals surface area contributed by atoms with Crippen LogP contribution in [0.2, 0.25) is 0 Å². The summed E-state index contributed by atoms with van der Waals surface area (Å²) in [6, 6.07) is 10.4. The van der Waals surface area contributed by atoms with E-state index < -0.39 is 16.1 Å². The molecule has 0 unspecified atom stereocenters. The Morgan fingerprint density at radius 2 is 1.88 bits per heavy atom. The Morgan fingerprint density at radius 1 is 1.15 bits per heavy atom. The molecule has 2 aliphatic carbocycles. The van der Waals surface area contributed by atoms with Crippen LogP contribution in [0.25, 0.3) is 0 Å². The maximum Gasteiger partial charge on any atom is 0.333 e. The molecule has 5 atom stereocenters. The first-order valence-electron chi connectivity index (χ1n) is 11.1. The average Bonchev–Trinajstić information content (AvgIpc) is 3.38. The van der Waals surface area contributed by atoms with E-state index in [1.165, 1.54) is 17.5 Å². The van der Waals surface area contributed by atoms with Gasteiger partial charge in [0.2, 0.25) is 0 Å². The third kappa shape index (κ3) is 4.97. The van der Waals surface area contributed by atoms with E-state index in [1.54, 1.807) is 0 Å². The molecule has 4 N–H and O–H groups in total. The fourth-order valence-corrected chi connectivity index (χ4v) is 5.53. The summed E-state index contributed by atoms with van der Waals surface area (Å²) in [5.74, 6) is 0.427. The minimum Gasteiger partial charge on any atom is -0.364 e. The lowest BCUT2D eigenvalue weighted by Gasteiger charge is -2.24. The Hall–Kier alpha value is -2.31. The van der Waals surface area contributed by atoms with Crippen LogP contribution < -0.4 is 15.8 Å². The van der Waals surface area contributed by atoms with E-state index in [0.29, 0.717) is 12.2 Å². The lowest BCUT2D eigenvalue weighted by atomic mass is 10.1. The number of rotatable bonds is 7. The van der Waals surface area contributed by atoms with E-state index in [0.717, 1.165) is 18.7 Å². The molecule has 1 aromatic carbocycles. The maximum atomic E-state index is 11.3. The van der Waals surface area contributed by atoms with Crippen molar-refractivity contribution in [2.24, 2.45) is 11.1 Å². The van der Waals surface area contributed by atoms with E-state index in [2.05, 4.69) is 44.9 Å². The highest BCUT2D eigenvalue weighted by Crippen LogP contribution is 2.43. The molecular formula is C22H29N5O5S. The molecule has 5 rings (SSSR count). The molecule has 2 heterocycles. The molecule has 10 nitrogen and oxygen atoms in total. The highest BCUT2D eigenvalue weighted by Gasteiger charge is 2.54. The largest absolute Gasteiger partial charge is 0.364 e. The number of aromatic nitrogens is 2. The highest BCUT2D eigenvalue weighted by molar-refractivity contribution is 7.84. The molecule has 0 spiro atoms. The quantitative estimate of drug-likeness (QED) is 0.550. The first kappa shape index (κ1) is 22.5. The highest BCUT2D eigenvalue weighted by atomic mass is 32.2. The number of anilines is 2. The van der Waals surface area contributed by atoms with Crippen molar-refractivity contribution in [2.75, 3.05) is 17.2 Å². The molecule has 178 valence electrons. The summed E-state index contributed by atoms with van der Waals surface area (Å²) >= 11 is 0. The molecule has 3 aliphatic rings. The molecule has 0 amide bonds. The normalized spacial score (nSPS) is 30.1. The SMILES string of the molecule is CC1(C)O[C@@H]2[C@@H](COS(N)(=O)=O)C[C@@H](Nc3cc(N[C@H]4CCc5ccccc54)ncn3)[C@@H]2O1. The summed E-state index contributed by atoms with van der Waals surface area (Å²) in [4.78, 5) is 8.77. The molecule has 2 aromatic rings. The van der Waals surface area contributed by atoms with E-state index in [-0.39, 0.29) is 36.8 Å². The molecule has 0 bridgehead atoms. The summed E-state index contributed by atoms with van der Waals surface area (Å²) in [5.41, 5.74) is 2.67. The van der Waals surface area contributed by atoms with Crippen molar-refractivity contribution in [3.8, 4) is 0 Å². The number of ether oxygens (including phenoxy) is 2. The van der Waals surface area contributed by atoms with Crippen molar-refractivity contribution >= 4 is 21.9 Å². The van der Waals surface area contributed by atoms with E-state index in [4.69, 9.17) is 18.8 Å². The zero-order valence-corrected chi connectivity index (χ0v) is 19.4. The Labute approximate surface area is 193 Å². The van der Waals surface area contributed by atoms with Crippen molar-refractivity contribution < 1.29 is 22.1 Å². The summed E-state index contributed by atoms with van der Waals surface area (Å²) < 4.78 is 39.6. The molecular weight excluding hydrogens is 446 g/mol. The van der Waals surface area contributed by atoms with Crippen molar-refractivity contribution in [3.05, 3.63) is 47.8 Å². The number of nitrogens with one attached hydrogen (secondary N) is 2. The van der Waals surface area contributed by atoms with Crippen LogP contribution in [0.5, 0.6) is 0 Å². The minimum absolute atomic E-state index is 0.0602. The molecule has 0 radical (unpaired) electrons. The van der Waals surface area contributed by atoms with Crippen LogP contribution in [0, 0.1) is 5.92 Å². The summed E-state index contributed by atoms with van der Waals surface area (Å²) in [6.07, 6.45) is 3.59. The fraction of sp³-hybridized carbons (Fsp3) is 0.545. The van der Waals surface area contributed by atoms with E-state index >= 15 is 0 Å². The van der Waals surface area contributed by atoms with E-state index in [1.807, 2.05) is 19.9 Å². The van der Waals surface area contributed by atoms with Gasteiger partial charge < -0.3 is 20.1 Å². The Bertz CT molecular complexity index is 1130. The molecule has 1 aromatic heterocycles. The molecule has 11 heteroatoms. The number of nitrogens with zero attached hydrogens (tertiary/aromatic N) is 2. The number of benzene rings is 1. The predicted molar refractivity (Wildman–Crippen MR) is 122 cm³/mol. The Balaban J connectivity index is 1.29. The number of fused-ring (bicyclic) bond motifs is 2. The van der Waals surface area contributed by atoms with Crippen LogP contribution in [0.4, 0.5) is 11.6 Å². The van der Waals surface area contributed by atoms with Crippen molar-refractivity contribution in [2.45, 2.75) is 63.2 Å². The molecule has 1 aliphatic heterocycles. The van der Waals surface area contributed by atoms with Gasteiger partial charge in [0.25, 0.3) is 0 Å². The molecule has 1 saturated heterocycles. The van der Waals surface area contributed by atoms with Gasteiger partial charge in [0, 0.05) is 12.0 Å². The van der Waals surface area contributed by atoms with Crippen LogP contribution in [-0.2, 0) is 30.4 Å². The van der Waals surface area contributed by atoms with Gasteiger partial charge in [0.05, 0.1) is 24.8 Å². The predicted octanol–water partition coefficient (Wildman–Crippen LogP) is 2.12. The van der Waals surface area contributed by atoms with Crippen molar-refractivity contribution in [1.82, 2.24) is 9.97 Å². The van der Waals surface area contributed by atoms with Gasteiger partial charge in [-0.3, -0.25) is 4.18 Å². The molecule has 2 fully saturated rings. The zero-order chi connectivity index (χ0) is 23.2. The Kier molecular flexibility index (Phi) is 5.78. The first-order chi connectivity index (χ1) is 15.7. The fourth-order valence-electron chi connectivity index (χ4n) is 5.16. The standard InChI is InChI=1S/C22H29N5O5S/c1-22(2)31-20-14(11-30-33(23,28)29)9-17(21(20)32-22)27-19-10-18(24-12-25-19)26-16-8-7-13-5-3-4-6-15(13)16/h3-6,10,12,14,16-17,20-21H,7-9,11H2,1-2H3,(H2,23,28,29)(H2,24,25,26,27)/t14-,16+,17-,20-,21+/m1/s1. The second kappa shape index (κ2) is 8.48. The van der Waals surface area contributed by atoms with Gasteiger partial charge in [0.1, 0.15) is 24.1 Å². The maximum absolute atomic E-state index is 11.3. The van der Waals surface area contributed by atoms with Crippen molar-refractivity contribution in [1.29, 1.82) is 0 Å².